The normalized spacial score (nSPS) is 34.1. The largest absolute Gasteiger partial charge is 0.387 e. The smallest absolute Gasteiger partial charge is 0.184 e. The van der Waals surface area contributed by atoms with E-state index in [2.05, 4.69) is 0 Å². The van der Waals surface area contributed by atoms with Crippen LogP contribution in [0.2, 0.25) is 0 Å². The Morgan fingerprint density at radius 1 is 1.10 bits per heavy atom. The molecule has 3 N–H and O–H groups in total. The summed E-state index contributed by atoms with van der Waals surface area (Å²) < 4.78 is 15.5. The number of aliphatic hydroxyl groups excluding tert-OH is 3. The zero-order valence-electron chi connectivity index (χ0n) is 11.3. The second-order valence-corrected chi connectivity index (χ2v) is 4.76. The summed E-state index contributed by atoms with van der Waals surface area (Å²) in [6, 6.07) is 9.36. The van der Waals surface area contributed by atoms with Crippen LogP contribution in [-0.2, 0) is 20.8 Å². The molecule has 5 atom stereocenters. The average Bonchev–Trinajstić information content (AvgIpc) is 2.46. The summed E-state index contributed by atoms with van der Waals surface area (Å²) in [6.07, 6.45) is -5.49. The first-order chi connectivity index (χ1) is 9.63. The van der Waals surface area contributed by atoms with Gasteiger partial charge in [0.05, 0.1) is 13.2 Å². The molecule has 1 saturated heterocycles. The molecule has 0 spiro atoms. The van der Waals surface area contributed by atoms with Crippen molar-refractivity contribution in [1.29, 1.82) is 0 Å². The van der Waals surface area contributed by atoms with E-state index < -0.39 is 30.7 Å². The van der Waals surface area contributed by atoms with Crippen LogP contribution in [-0.4, -0.2) is 59.7 Å². The Balaban J connectivity index is 1.94. The summed E-state index contributed by atoms with van der Waals surface area (Å²) in [5, 5.41) is 29.8. The van der Waals surface area contributed by atoms with Crippen molar-refractivity contribution in [3.05, 3.63) is 35.9 Å². The predicted octanol–water partition coefficient (Wildman–Crippen LogP) is -0.343. The molecule has 0 aromatic heterocycles. The highest BCUT2D eigenvalue weighted by atomic mass is 16.7. The van der Waals surface area contributed by atoms with E-state index in [4.69, 9.17) is 14.2 Å². The molecule has 0 aliphatic carbocycles. The minimum Gasteiger partial charge on any atom is -0.387 e. The average molecular weight is 284 g/mol. The summed E-state index contributed by atoms with van der Waals surface area (Å²) in [6.45, 7) is 0.297. The molecule has 1 fully saturated rings. The standard InChI is InChI=1S/C14H20O6/c1-18-8-10-11(15)12(16)13(14(17)20-10)19-7-9-5-3-2-4-6-9/h2-6,10-17H,7-8H2,1H3/t10-,11+,12+,13-,14-/m1/s1. The van der Waals surface area contributed by atoms with Gasteiger partial charge in [-0.3, -0.25) is 0 Å². The maximum Gasteiger partial charge on any atom is 0.184 e. The second kappa shape index (κ2) is 7.12. The fourth-order valence-corrected chi connectivity index (χ4v) is 2.17. The predicted molar refractivity (Wildman–Crippen MR) is 69.8 cm³/mol. The van der Waals surface area contributed by atoms with E-state index >= 15 is 0 Å². The lowest BCUT2D eigenvalue weighted by Gasteiger charge is -2.40. The third kappa shape index (κ3) is 3.54. The van der Waals surface area contributed by atoms with E-state index in [1.165, 1.54) is 7.11 Å². The Kier molecular flexibility index (Phi) is 5.47. The highest BCUT2D eigenvalue weighted by Crippen LogP contribution is 2.23. The molecule has 1 aromatic rings. The Morgan fingerprint density at radius 3 is 2.45 bits per heavy atom. The summed E-state index contributed by atoms with van der Waals surface area (Å²) in [4.78, 5) is 0. The lowest BCUT2D eigenvalue weighted by atomic mass is 9.99. The minimum atomic E-state index is -1.31. The van der Waals surface area contributed by atoms with Crippen molar-refractivity contribution >= 4 is 0 Å². The van der Waals surface area contributed by atoms with Crippen molar-refractivity contribution in [3.8, 4) is 0 Å². The maximum atomic E-state index is 10.0. The Labute approximate surface area is 117 Å². The molecule has 0 unspecified atom stereocenters. The van der Waals surface area contributed by atoms with Gasteiger partial charge in [-0.1, -0.05) is 30.3 Å². The first-order valence-corrected chi connectivity index (χ1v) is 6.47. The number of hydrogen-bond acceptors (Lipinski definition) is 6. The molecule has 1 aromatic carbocycles. The van der Waals surface area contributed by atoms with E-state index in [9.17, 15) is 15.3 Å². The number of rotatable bonds is 5. The van der Waals surface area contributed by atoms with E-state index in [1.54, 1.807) is 0 Å². The van der Waals surface area contributed by atoms with Gasteiger partial charge in [-0.2, -0.15) is 0 Å². The molecule has 1 aliphatic heterocycles. The fourth-order valence-electron chi connectivity index (χ4n) is 2.17. The molecule has 0 saturated carbocycles. The topological polar surface area (TPSA) is 88.4 Å². The molecule has 0 bridgehead atoms. The van der Waals surface area contributed by atoms with Crippen LogP contribution < -0.4 is 0 Å². The van der Waals surface area contributed by atoms with Crippen LogP contribution in [0.1, 0.15) is 5.56 Å². The van der Waals surface area contributed by atoms with Crippen molar-refractivity contribution in [1.82, 2.24) is 0 Å². The molecular formula is C14H20O6. The molecule has 112 valence electrons. The van der Waals surface area contributed by atoms with Crippen LogP contribution in [0, 0.1) is 0 Å². The van der Waals surface area contributed by atoms with Crippen LogP contribution >= 0.6 is 0 Å². The fraction of sp³-hybridized carbons (Fsp3) is 0.571. The molecular weight excluding hydrogens is 264 g/mol. The minimum absolute atomic E-state index is 0.0840. The van der Waals surface area contributed by atoms with Crippen molar-refractivity contribution < 1.29 is 29.5 Å². The quantitative estimate of drug-likeness (QED) is 0.685. The van der Waals surface area contributed by atoms with Crippen LogP contribution in [0.5, 0.6) is 0 Å². The van der Waals surface area contributed by atoms with E-state index in [1.807, 2.05) is 30.3 Å². The Morgan fingerprint density at radius 2 is 1.80 bits per heavy atom. The van der Waals surface area contributed by atoms with Gasteiger partial charge in [-0.15, -0.1) is 0 Å². The lowest BCUT2D eigenvalue weighted by molar-refractivity contribution is -0.299. The van der Waals surface area contributed by atoms with Crippen LogP contribution in [0.15, 0.2) is 30.3 Å². The number of aliphatic hydroxyl groups is 3. The van der Waals surface area contributed by atoms with Gasteiger partial charge < -0.3 is 29.5 Å². The van der Waals surface area contributed by atoms with Gasteiger partial charge in [-0.25, -0.2) is 0 Å². The highest BCUT2D eigenvalue weighted by molar-refractivity contribution is 5.13. The van der Waals surface area contributed by atoms with Gasteiger partial charge >= 0.3 is 0 Å². The molecule has 1 aliphatic rings. The first-order valence-electron chi connectivity index (χ1n) is 6.47. The van der Waals surface area contributed by atoms with E-state index in [0.717, 1.165) is 5.56 Å². The zero-order valence-corrected chi connectivity index (χ0v) is 11.3. The summed E-state index contributed by atoms with van der Waals surface area (Å²) in [7, 11) is 1.45. The third-order valence-corrected chi connectivity index (χ3v) is 3.28. The Hall–Kier alpha value is -1.02. The summed E-state index contributed by atoms with van der Waals surface area (Å²) in [5.74, 6) is 0. The van der Waals surface area contributed by atoms with Crippen LogP contribution in [0.25, 0.3) is 0 Å². The van der Waals surface area contributed by atoms with Crippen molar-refractivity contribution in [3.63, 3.8) is 0 Å². The van der Waals surface area contributed by atoms with Crippen LogP contribution in [0.3, 0.4) is 0 Å². The third-order valence-electron chi connectivity index (χ3n) is 3.28. The molecule has 20 heavy (non-hydrogen) atoms. The maximum absolute atomic E-state index is 10.0. The van der Waals surface area contributed by atoms with Gasteiger partial charge in [-0.05, 0) is 5.56 Å². The molecule has 6 heteroatoms. The van der Waals surface area contributed by atoms with Crippen LogP contribution in [0.4, 0.5) is 0 Å². The van der Waals surface area contributed by atoms with Gasteiger partial charge in [0, 0.05) is 7.11 Å². The van der Waals surface area contributed by atoms with Gasteiger partial charge in [0.2, 0.25) is 0 Å². The van der Waals surface area contributed by atoms with Crippen molar-refractivity contribution in [2.24, 2.45) is 0 Å². The van der Waals surface area contributed by atoms with E-state index in [-0.39, 0.29) is 13.2 Å². The van der Waals surface area contributed by atoms with Gasteiger partial charge in [0.25, 0.3) is 0 Å². The molecule has 6 nitrogen and oxygen atoms in total. The summed E-state index contributed by atoms with van der Waals surface area (Å²) in [5.41, 5.74) is 0.903. The molecule has 0 amide bonds. The monoisotopic (exact) mass is 284 g/mol. The van der Waals surface area contributed by atoms with Gasteiger partial charge in [0.1, 0.15) is 24.4 Å². The number of hydrogen-bond donors (Lipinski definition) is 3. The number of methoxy groups -OCH3 is 1. The SMILES string of the molecule is COC[C@H]1O[C@@H](O)[C@H](OCc2ccccc2)[C@@H](O)[C@H]1O. The number of ether oxygens (including phenoxy) is 3. The molecule has 1 heterocycles. The van der Waals surface area contributed by atoms with Crippen molar-refractivity contribution in [2.75, 3.05) is 13.7 Å². The zero-order chi connectivity index (χ0) is 14.5. The van der Waals surface area contributed by atoms with Crippen molar-refractivity contribution in [2.45, 2.75) is 37.3 Å². The number of benzene rings is 1. The lowest BCUT2D eigenvalue weighted by Crippen LogP contribution is -2.59. The summed E-state index contributed by atoms with van der Waals surface area (Å²) >= 11 is 0. The van der Waals surface area contributed by atoms with Gasteiger partial charge in [0.15, 0.2) is 6.29 Å². The highest BCUT2D eigenvalue weighted by Gasteiger charge is 2.44. The second-order valence-electron chi connectivity index (χ2n) is 4.76. The first kappa shape index (κ1) is 15.4. The Bertz CT molecular complexity index is 398. The molecule has 0 radical (unpaired) electrons. The van der Waals surface area contributed by atoms with E-state index in [0.29, 0.717) is 0 Å². The molecule has 2 rings (SSSR count).